The Morgan fingerprint density at radius 2 is 1.85 bits per heavy atom. The molecule has 0 aliphatic rings. The number of rotatable bonds is 1. The van der Waals surface area contributed by atoms with Gasteiger partial charge in [-0.2, -0.15) is 0 Å². The van der Waals surface area contributed by atoms with Crippen LogP contribution in [0.5, 0.6) is 0 Å². The molecule has 0 heterocycles. The van der Waals surface area contributed by atoms with E-state index in [1.165, 1.54) is 18.2 Å². The van der Waals surface area contributed by atoms with Crippen molar-refractivity contribution in [3.63, 3.8) is 0 Å². The largest absolute Gasteiger partial charge is 0.289 e. The minimum atomic E-state index is -0.575. The standard InChI is InChI=1S/C6H3Cl2NO2.C2H6/c7-4-2-1-3-5(6(4)8)9(10)11;1-2/h1-3H;1-2H3. The second-order valence-electron chi connectivity index (χ2n) is 1.83. The zero-order valence-electron chi connectivity index (χ0n) is 7.25. The van der Waals surface area contributed by atoms with E-state index in [4.69, 9.17) is 23.2 Å². The molecule has 0 aliphatic heterocycles. The normalized spacial score (nSPS) is 8.62. The second kappa shape index (κ2) is 5.78. The first kappa shape index (κ1) is 12.2. The smallest absolute Gasteiger partial charge is 0.258 e. The molecular formula is C8H9Cl2NO2. The van der Waals surface area contributed by atoms with Gasteiger partial charge in [-0.15, -0.1) is 0 Å². The van der Waals surface area contributed by atoms with E-state index >= 15 is 0 Å². The lowest BCUT2D eigenvalue weighted by atomic mass is 10.3. The lowest BCUT2D eigenvalue weighted by molar-refractivity contribution is -0.384. The fourth-order valence-corrected chi connectivity index (χ4v) is 0.998. The summed E-state index contributed by atoms with van der Waals surface area (Å²) in [5.74, 6) is 0. The first-order valence-electron chi connectivity index (χ1n) is 3.71. The first-order chi connectivity index (χ1) is 6.13. The van der Waals surface area contributed by atoms with Crippen LogP contribution in [0, 0.1) is 10.1 Å². The van der Waals surface area contributed by atoms with E-state index in [1.807, 2.05) is 13.8 Å². The van der Waals surface area contributed by atoms with Gasteiger partial charge in [-0.05, 0) is 6.07 Å². The lowest BCUT2D eigenvalue weighted by Gasteiger charge is -1.94. The Kier molecular flexibility index (Phi) is 5.42. The number of nitrogens with zero attached hydrogens (tertiary/aromatic N) is 1. The molecule has 1 aromatic carbocycles. The maximum absolute atomic E-state index is 10.2. The van der Waals surface area contributed by atoms with Crippen LogP contribution in [0.4, 0.5) is 5.69 Å². The van der Waals surface area contributed by atoms with Crippen molar-refractivity contribution in [1.82, 2.24) is 0 Å². The van der Waals surface area contributed by atoms with Crippen LogP contribution in [0.2, 0.25) is 10.0 Å². The molecule has 0 N–H and O–H groups in total. The monoisotopic (exact) mass is 221 g/mol. The van der Waals surface area contributed by atoms with Gasteiger partial charge in [0.2, 0.25) is 0 Å². The molecule has 0 aliphatic carbocycles. The third-order valence-corrected chi connectivity index (χ3v) is 1.94. The number of hydrogen-bond acceptors (Lipinski definition) is 2. The zero-order chi connectivity index (χ0) is 10.4. The van der Waals surface area contributed by atoms with E-state index in [0.717, 1.165) is 0 Å². The number of hydrogen-bond donors (Lipinski definition) is 0. The summed E-state index contributed by atoms with van der Waals surface area (Å²) in [6.07, 6.45) is 0. The fourth-order valence-electron chi connectivity index (χ4n) is 0.633. The first-order valence-corrected chi connectivity index (χ1v) is 4.47. The van der Waals surface area contributed by atoms with E-state index in [2.05, 4.69) is 0 Å². The maximum atomic E-state index is 10.2. The van der Waals surface area contributed by atoms with Crippen LogP contribution in [-0.2, 0) is 0 Å². The summed E-state index contributed by atoms with van der Waals surface area (Å²) in [5, 5.41) is 10.4. The predicted molar refractivity (Wildman–Crippen MR) is 54.5 cm³/mol. The molecule has 0 atom stereocenters. The molecule has 0 bridgehead atoms. The van der Waals surface area contributed by atoms with Gasteiger partial charge in [0.15, 0.2) is 0 Å². The van der Waals surface area contributed by atoms with E-state index in [9.17, 15) is 10.1 Å². The molecule has 3 nitrogen and oxygen atoms in total. The Balaban J connectivity index is 0.000000671. The van der Waals surface area contributed by atoms with Crippen molar-refractivity contribution in [1.29, 1.82) is 0 Å². The topological polar surface area (TPSA) is 43.1 Å². The van der Waals surface area contributed by atoms with Gasteiger partial charge in [0.05, 0.1) is 9.95 Å². The fraction of sp³-hybridized carbons (Fsp3) is 0.250. The Bertz CT molecular complexity index is 302. The highest BCUT2D eigenvalue weighted by atomic mass is 35.5. The molecular weight excluding hydrogens is 213 g/mol. The molecule has 0 fully saturated rings. The van der Waals surface area contributed by atoms with Crippen molar-refractivity contribution >= 4 is 28.9 Å². The van der Waals surface area contributed by atoms with Gasteiger partial charge in [-0.3, -0.25) is 10.1 Å². The van der Waals surface area contributed by atoms with Crippen molar-refractivity contribution < 1.29 is 4.92 Å². The summed E-state index contributed by atoms with van der Waals surface area (Å²) in [6.45, 7) is 4.00. The van der Waals surface area contributed by atoms with Crippen LogP contribution in [-0.4, -0.2) is 4.92 Å². The van der Waals surface area contributed by atoms with Crippen LogP contribution in [0.25, 0.3) is 0 Å². The quantitative estimate of drug-likeness (QED) is 0.533. The van der Waals surface area contributed by atoms with E-state index in [-0.39, 0.29) is 15.7 Å². The summed E-state index contributed by atoms with van der Waals surface area (Å²) >= 11 is 11.0. The zero-order valence-corrected chi connectivity index (χ0v) is 8.76. The third-order valence-electron chi connectivity index (χ3n) is 1.13. The minimum Gasteiger partial charge on any atom is -0.258 e. The summed E-state index contributed by atoms with van der Waals surface area (Å²) in [5.41, 5.74) is -0.167. The molecule has 0 saturated carbocycles. The summed E-state index contributed by atoms with van der Waals surface area (Å²) in [4.78, 5) is 9.66. The van der Waals surface area contributed by atoms with E-state index in [0.29, 0.717) is 0 Å². The van der Waals surface area contributed by atoms with Gasteiger partial charge in [0.1, 0.15) is 5.02 Å². The molecule has 0 aromatic heterocycles. The Morgan fingerprint density at radius 1 is 1.31 bits per heavy atom. The Hall–Kier alpha value is -0.800. The highest BCUT2D eigenvalue weighted by molar-refractivity contribution is 6.43. The molecule has 1 rings (SSSR count). The highest BCUT2D eigenvalue weighted by Gasteiger charge is 2.13. The van der Waals surface area contributed by atoms with Crippen LogP contribution in [0.1, 0.15) is 13.8 Å². The van der Waals surface area contributed by atoms with E-state index in [1.54, 1.807) is 0 Å². The van der Waals surface area contributed by atoms with Crippen molar-refractivity contribution in [2.75, 3.05) is 0 Å². The molecule has 1 aromatic rings. The van der Waals surface area contributed by atoms with Crippen molar-refractivity contribution in [3.05, 3.63) is 38.4 Å². The average Bonchev–Trinajstić information content (AvgIpc) is 2.13. The number of nitro groups is 1. The third kappa shape index (κ3) is 3.20. The van der Waals surface area contributed by atoms with Gasteiger partial charge in [0, 0.05) is 6.07 Å². The van der Waals surface area contributed by atoms with Crippen LogP contribution in [0.15, 0.2) is 18.2 Å². The van der Waals surface area contributed by atoms with Gasteiger partial charge in [-0.25, -0.2) is 0 Å². The second-order valence-corrected chi connectivity index (χ2v) is 2.62. The van der Waals surface area contributed by atoms with Gasteiger partial charge in [0.25, 0.3) is 5.69 Å². The SMILES string of the molecule is CC.O=[N+]([O-])c1cccc(Cl)c1Cl. The molecule has 0 spiro atoms. The molecule has 5 heteroatoms. The van der Waals surface area contributed by atoms with Crippen molar-refractivity contribution in [3.8, 4) is 0 Å². The van der Waals surface area contributed by atoms with Crippen molar-refractivity contribution in [2.45, 2.75) is 13.8 Å². The summed E-state index contributed by atoms with van der Waals surface area (Å²) in [7, 11) is 0. The summed E-state index contributed by atoms with van der Waals surface area (Å²) in [6, 6.07) is 4.28. The number of halogens is 2. The predicted octanol–water partition coefficient (Wildman–Crippen LogP) is 3.93. The molecule has 0 unspecified atom stereocenters. The van der Waals surface area contributed by atoms with Gasteiger partial charge < -0.3 is 0 Å². The molecule has 72 valence electrons. The number of nitro benzene ring substituents is 1. The van der Waals surface area contributed by atoms with Crippen LogP contribution >= 0.6 is 23.2 Å². The van der Waals surface area contributed by atoms with Crippen molar-refractivity contribution in [2.24, 2.45) is 0 Å². The van der Waals surface area contributed by atoms with E-state index < -0.39 is 4.92 Å². The van der Waals surface area contributed by atoms with Gasteiger partial charge in [-0.1, -0.05) is 43.1 Å². The van der Waals surface area contributed by atoms with Crippen LogP contribution in [0.3, 0.4) is 0 Å². The average molecular weight is 222 g/mol. The maximum Gasteiger partial charge on any atom is 0.289 e. The van der Waals surface area contributed by atoms with Crippen LogP contribution < -0.4 is 0 Å². The minimum absolute atomic E-state index is 0.0147. The molecule has 0 radical (unpaired) electrons. The molecule has 0 amide bonds. The lowest BCUT2D eigenvalue weighted by Crippen LogP contribution is -1.88. The molecule has 0 saturated heterocycles. The molecule has 13 heavy (non-hydrogen) atoms. The Morgan fingerprint density at radius 3 is 2.23 bits per heavy atom. The summed E-state index contributed by atoms with van der Waals surface area (Å²) < 4.78 is 0. The van der Waals surface area contributed by atoms with Gasteiger partial charge >= 0.3 is 0 Å². The highest BCUT2D eigenvalue weighted by Crippen LogP contribution is 2.30. The Labute approximate surface area is 86.4 Å². The number of benzene rings is 1.